The van der Waals surface area contributed by atoms with E-state index in [4.69, 9.17) is 0 Å². The maximum absolute atomic E-state index is 12.4. The second-order valence-electron chi connectivity index (χ2n) is 6.24. The van der Waals surface area contributed by atoms with Crippen molar-refractivity contribution >= 4 is 27.7 Å². The van der Waals surface area contributed by atoms with Crippen molar-refractivity contribution in [3.8, 4) is 0 Å². The molecule has 0 aromatic heterocycles. The summed E-state index contributed by atoms with van der Waals surface area (Å²) in [6.45, 7) is 1.86. The van der Waals surface area contributed by atoms with Gasteiger partial charge in [0.25, 0.3) is 0 Å². The fraction of sp³-hybridized carbons (Fsp3) is 0.300. The van der Waals surface area contributed by atoms with Gasteiger partial charge in [0.15, 0.2) is 0 Å². The number of nitrogens with one attached hydrogen (secondary N) is 1. The van der Waals surface area contributed by atoms with Gasteiger partial charge < -0.3 is 10.2 Å². The highest BCUT2D eigenvalue weighted by molar-refractivity contribution is 9.10. The van der Waals surface area contributed by atoms with E-state index in [0.29, 0.717) is 13.1 Å². The molecule has 2 aromatic rings. The number of benzene rings is 2. The topological polar surface area (TPSA) is 49.4 Å². The average Bonchev–Trinajstić information content (AvgIpc) is 2.65. The van der Waals surface area contributed by atoms with E-state index in [2.05, 4.69) is 33.4 Å². The van der Waals surface area contributed by atoms with Crippen LogP contribution < -0.4 is 5.32 Å². The normalized spacial score (nSPS) is 13.2. The fourth-order valence-electron chi connectivity index (χ4n) is 2.98. The second-order valence-corrected chi connectivity index (χ2v) is 7.15. The van der Waals surface area contributed by atoms with Crippen molar-refractivity contribution in [1.29, 1.82) is 0 Å². The lowest BCUT2D eigenvalue weighted by atomic mass is 9.99. The van der Waals surface area contributed by atoms with E-state index in [-0.39, 0.29) is 24.7 Å². The van der Waals surface area contributed by atoms with Crippen LogP contribution in [0, 0.1) is 0 Å². The summed E-state index contributed by atoms with van der Waals surface area (Å²) in [7, 11) is 0. The third-order valence-corrected chi connectivity index (χ3v) is 4.98. The fourth-order valence-corrected chi connectivity index (χ4v) is 3.24. The number of nitrogens with zero attached hydrogens (tertiary/aromatic N) is 1. The highest BCUT2D eigenvalue weighted by atomic mass is 79.9. The van der Waals surface area contributed by atoms with Crippen molar-refractivity contribution in [2.45, 2.75) is 32.4 Å². The number of carbonyl (C=O) groups excluding carboxylic acids is 2. The average molecular weight is 401 g/mol. The predicted octanol–water partition coefficient (Wildman–Crippen LogP) is 3.43. The molecule has 0 atom stereocenters. The molecule has 0 bridgehead atoms. The summed E-state index contributed by atoms with van der Waals surface area (Å²) in [5, 5.41) is 2.87. The molecule has 3 rings (SSSR count). The van der Waals surface area contributed by atoms with Gasteiger partial charge in [0.2, 0.25) is 11.8 Å². The molecule has 130 valence electrons. The van der Waals surface area contributed by atoms with Crippen molar-refractivity contribution in [1.82, 2.24) is 10.2 Å². The minimum absolute atomic E-state index is 0.0493. The molecule has 0 saturated carbocycles. The van der Waals surface area contributed by atoms with E-state index < -0.39 is 0 Å². The number of carbonyl (C=O) groups is 2. The van der Waals surface area contributed by atoms with E-state index in [0.717, 1.165) is 23.0 Å². The molecule has 5 heteroatoms. The highest BCUT2D eigenvalue weighted by Gasteiger charge is 2.20. The molecule has 25 heavy (non-hydrogen) atoms. The molecular weight excluding hydrogens is 380 g/mol. The Bertz CT molecular complexity index is 759. The molecule has 2 amide bonds. The number of rotatable bonds is 5. The summed E-state index contributed by atoms with van der Waals surface area (Å²) in [6, 6.07) is 16.0. The molecule has 1 heterocycles. The molecule has 4 nitrogen and oxygen atoms in total. The Morgan fingerprint density at radius 2 is 1.72 bits per heavy atom. The van der Waals surface area contributed by atoms with Gasteiger partial charge in [0, 0.05) is 36.9 Å². The number of hydrogen-bond donors (Lipinski definition) is 1. The molecule has 0 radical (unpaired) electrons. The number of halogens is 1. The number of fused-ring (bicyclic) bond motifs is 1. The number of amides is 2. The Kier molecular flexibility index (Phi) is 5.87. The minimum Gasteiger partial charge on any atom is -0.352 e. The zero-order valence-corrected chi connectivity index (χ0v) is 15.6. The van der Waals surface area contributed by atoms with Gasteiger partial charge in [0.1, 0.15) is 0 Å². The lowest BCUT2D eigenvalue weighted by Gasteiger charge is -2.28. The summed E-state index contributed by atoms with van der Waals surface area (Å²) < 4.78 is 1.01. The quantitative estimate of drug-likeness (QED) is 0.835. The first kappa shape index (κ1) is 17.7. The van der Waals surface area contributed by atoms with Crippen molar-refractivity contribution in [2.75, 3.05) is 6.54 Å². The first-order valence-electron chi connectivity index (χ1n) is 8.47. The van der Waals surface area contributed by atoms with Crippen LogP contribution in [0.1, 0.15) is 29.5 Å². The van der Waals surface area contributed by atoms with Crippen LogP contribution in [0.2, 0.25) is 0 Å². The second kappa shape index (κ2) is 8.30. The van der Waals surface area contributed by atoms with Crippen molar-refractivity contribution in [2.24, 2.45) is 0 Å². The summed E-state index contributed by atoms with van der Waals surface area (Å²) in [6.07, 6.45) is 1.37. The van der Waals surface area contributed by atoms with Gasteiger partial charge in [-0.3, -0.25) is 9.59 Å². The van der Waals surface area contributed by atoms with Gasteiger partial charge in [-0.1, -0.05) is 52.3 Å². The van der Waals surface area contributed by atoms with Crippen molar-refractivity contribution < 1.29 is 9.59 Å². The number of hydrogen-bond acceptors (Lipinski definition) is 2. The molecule has 2 aromatic carbocycles. The third-order valence-electron chi connectivity index (χ3n) is 4.45. The van der Waals surface area contributed by atoms with Gasteiger partial charge in [-0.2, -0.15) is 0 Å². The zero-order chi connectivity index (χ0) is 17.6. The van der Waals surface area contributed by atoms with E-state index in [1.807, 2.05) is 41.3 Å². The Morgan fingerprint density at radius 1 is 1.00 bits per heavy atom. The third kappa shape index (κ3) is 4.92. The summed E-state index contributed by atoms with van der Waals surface area (Å²) in [4.78, 5) is 26.2. The zero-order valence-electron chi connectivity index (χ0n) is 14.0. The monoisotopic (exact) mass is 400 g/mol. The van der Waals surface area contributed by atoms with Crippen molar-refractivity contribution in [3.63, 3.8) is 0 Å². The summed E-state index contributed by atoms with van der Waals surface area (Å²) in [5.74, 6) is -0.0398. The van der Waals surface area contributed by atoms with Gasteiger partial charge in [0.05, 0.1) is 0 Å². The Hall–Kier alpha value is -2.14. The molecule has 0 aliphatic carbocycles. The SMILES string of the molecule is O=C(CCC(=O)N1CCc2ccccc2C1)NCc1ccc(Br)cc1. The molecule has 0 fully saturated rings. The van der Waals surface area contributed by atoms with E-state index in [1.54, 1.807) is 0 Å². The predicted molar refractivity (Wildman–Crippen MR) is 101 cm³/mol. The van der Waals surface area contributed by atoms with E-state index >= 15 is 0 Å². The molecule has 1 aliphatic heterocycles. The lowest BCUT2D eigenvalue weighted by molar-refractivity contribution is -0.134. The lowest BCUT2D eigenvalue weighted by Crippen LogP contribution is -2.36. The molecule has 1 aliphatic rings. The smallest absolute Gasteiger partial charge is 0.223 e. The van der Waals surface area contributed by atoms with Gasteiger partial charge in [-0.25, -0.2) is 0 Å². The van der Waals surface area contributed by atoms with Crippen molar-refractivity contribution in [3.05, 3.63) is 69.7 Å². The van der Waals surface area contributed by atoms with Crippen LogP contribution in [0.5, 0.6) is 0 Å². The maximum Gasteiger partial charge on any atom is 0.223 e. The van der Waals surface area contributed by atoms with Gasteiger partial charge >= 0.3 is 0 Å². The Morgan fingerprint density at radius 3 is 2.48 bits per heavy atom. The summed E-state index contributed by atoms with van der Waals surface area (Å²) >= 11 is 3.38. The molecule has 0 unspecified atom stereocenters. The Labute approximate surface area is 156 Å². The largest absolute Gasteiger partial charge is 0.352 e. The van der Waals surface area contributed by atoms with Gasteiger partial charge in [-0.05, 0) is 35.2 Å². The molecule has 0 spiro atoms. The first-order valence-corrected chi connectivity index (χ1v) is 9.27. The Balaban J connectivity index is 1.43. The molecule has 1 N–H and O–H groups in total. The van der Waals surface area contributed by atoms with Crippen LogP contribution >= 0.6 is 15.9 Å². The van der Waals surface area contributed by atoms with E-state index in [1.165, 1.54) is 11.1 Å². The van der Waals surface area contributed by atoms with Crippen LogP contribution in [-0.4, -0.2) is 23.3 Å². The standard InChI is InChI=1S/C20H21BrN2O2/c21-18-7-5-15(6-8-18)13-22-19(24)9-10-20(25)23-12-11-16-3-1-2-4-17(16)14-23/h1-8H,9-14H2,(H,22,24). The van der Waals surface area contributed by atoms with Crippen LogP contribution in [0.4, 0.5) is 0 Å². The van der Waals surface area contributed by atoms with Crippen LogP contribution in [0.15, 0.2) is 53.0 Å². The first-order chi connectivity index (χ1) is 12.1. The van der Waals surface area contributed by atoms with Gasteiger partial charge in [-0.15, -0.1) is 0 Å². The van der Waals surface area contributed by atoms with E-state index in [9.17, 15) is 9.59 Å². The minimum atomic E-state index is -0.0892. The summed E-state index contributed by atoms with van der Waals surface area (Å²) in [5.41, 5.74) is 3.57. The maximum atomic E-state index is 12.4. The molecule has 0 saturated heterocycles. The van der Waals surface area contributed by atoms with Crippen LogP contribution in [-0.2, 0) is 29.1 Å². The molecular formula is C20H21BrN2O2. The van der Waals surface area contributed by atoms with Crippen LogP contribution in [0.25, 0.3) is 0 Å². The van der Waals surface area contributed by atoms with Crippen LogP contribution in [0.3, 0.4) is 0 Å². The highest BCUT2D eigenvalue weighted by Crippen LogP contribution is 2.19.